The molecule has 2 aromatic rings. The minimum Gasteiger partial charge on any atom is -0.403 e. The summed E-state index contributed by atoms with van der Waals surface area (Å²) in [5, 5.41) is 0.495. The van der Waals surface area contributed by atoms with E-state index in [9.17, 15) is 4.79 Å². The maximum Gasteiger partial charge on any atom is 0.347 e. The van der Waals surface area contributed by atoms with Gasteiger partial charge >= 0.3 is 5.63 Å². The average molecular weight is 305 g/mol. The van der Waals surface area contributed by atoms with Crippen LogP contribution < -0.4 is 5.63 Å². The van der Waals surface area contributed by atoms with Crippen LogP contribution in [0, 0.1) is 6.92 Å². The molecule has 0 saturated heterocycles. The normalized spacial score (nSPS) is 12.3. The molecule has 1 aromatic carbocycles. The summed E-state index contributed by atoms with van der Waals surface area (Å²) in [7, 11) is 0. The summed E-state index contributed by atoms with van der Waals surface area (Å²) in [5.41, 5.74) is 3.09. The third kappa shape index (κ3) is 3.14. The lowest BCUT2D eigenvalue weighted by Gasteiger charge is -2.09. The zero-order valence-corrected chi connectivity index (χ0v) is 13.4. The van der Waals surface area contributed by atoms with E-state index in [1.165, 1.54) is 0 Å². The second-order valence-electron chi connectivity index (χ2n) is 5.04. The number of benzene rings is 1. The Hall–Kier alpha value is -2.94. The van der Waals surface area contributed by atoms with Crippen molar-refractivity contribution in [3.05, 3.63) is 95.3 Å². The molecule has 0 unspecified atom stereocenters. The van der Waals surface area contributed by atoms with E-state index in [0.29, 0.717) is 22.0 Å². The summed E-state index contributed by atoms with van der Waals surface area (Å²) in [6, 6.07) is 5.51. The monoisotopic (exact) mass is 305 g/mol. The molecule has 0 amide bonds. The van der Waals surface area contributed by atoms with E-state index in [0.717, 1.165) is 11.1 Å². The van der Waals surface area contributed by atoms with Crippen LogP contribution in [0.4, 0.5) is 0 Å². The van der Waals surface area contributed by atoms with Crippen molar-refractivity contribution >= 4 is 16.5 Å². The fourth-order valence-corrected chi connectivity index (χ4v) is 2.36. The van der Waals surface area contributed by atoms with Gasteiger partial charge in [0, 0.05) is 5.57 Å². The van der Waals surface area contributed by atoms with Crippen LogP contribution in [-0.4, -0.2) is 4.98 Å². The molecule has 0 aliphatic heterocycles. The van der Waals surface area contributed by atoms with Crippen molar-refractivity contribution in [1.82, 2.24) is 4.98 Å². The van der Waals surface area contributed by atoms with Gasteiger partial charge < -0.3 is 4.42 Å². The lowest BCUT2D eigenvalue weighted by molar-refractivity contribution is 0.487. The summed E-state index contributed by atoms with van der Waals surface area (Å²) in [5.74, 6) is 0.221. The summed E-state index contributed by atoms with van der Waals surface area (Å²) >= 11 is 0. The van der Waals surface area contributed by atoms with Crippen LogP contribution in [0.3, 0.4) is 0 Å². The van der Waals surface area contributed by atoms with Crippen LogP contribution in [0.15, 0.2) is 82.6 Å². The van der Waals surface area contributed by atoms with Crippen molar-refractivity contribution in [3.63, 3.8) is 0 Å². The lowest BCUT2D eigenvalue weighted by atomic mass is 10.00. The first-order valence-corrected chi connectivity index (χ1v) is 7.25. The van der Waals surface area contributed by atoms with Gasteiger partial charge in [-0.05, 0) is 36.6 Å². The zero-order valence-electron chi connectivity index (χ0n) is 13.4. The van der Waals surface area contributed by atoms with Crippen molar-refractivity contribution in [2.24, 2.45) is 0 Å². The van der Waals surface area contributed by atoms with Crippen molar-refractivity contribution in [2.45, 2.75) is 13.8 Å². The molecule has 3 heteroatoms. The molecule has 0 aliphatic carbocycles. The van der Waals surface area contributed by atoms with Crippen molar-refractivity contribution in [3.8, 4) is 0 Å². The number of allylic oxidation sites excluding steroid dienone is 7. The van der Waals surface area contributed by atoms with Crippen LogP contribution in [0.25, 0.3) is 16.5 Å². The molecule has 0 aliphatic rings. The van der Waals surface area contributed by atoms with Crippen molar-refractivity contribution in [2.75, 3.05) is 0 Å². The summed E-state index contributed by atoms with van der Waals surface area (Å²) in [4.78, 5) is 16.8. The Morgan fingerprint density at radius 2 is 2.00 bits per heavy atom. The minimum atomic E-state index is -0.411. The molecule has 0 fully saturated rings. The Balaban J connectivity index is 2.84. The quantitative estimate of drug-likeness (QED) is 0.748. The fourth-order valence-electron chi connectivity index (χ4n) is 2.36. The molecule has 116 valence electrons. The van der Waals surface area contributed by atoms with Crippen LogP contribution in [0.2, 0.25) is 0 Å². The van der Waals surface area contributed by atoms with E-state index < -0.39 is 5.63 Å². The molecule has 1 aromatic heterocycles. The number of aryl methyl sites for hydroxylation is 1. The van der Waals surface area contributed by atoms with Gasteiger partial charge in [0.1, 0.15) is 0 Å². The van der Waals surface area contributed by atoms with Crippen LogP contribution >= 0.6 is 0 Å². The minimum absolute atomic E-state index is 0.221. The Morgan fingerprint density at radius 3 is 2.61 bits per heavy atom. The van der Waals surface area contributed by atoms with E-state index >= 15 is 0 Å². The molecule has 23 heavy (non-hydrogen) atoms. The highest BCUT2D eigenvalue weighted by molar-refractivity contribution is 5.84. The molecular formula is C20H19NO2. The second-order valence-corrected chi connectivity index (χ2v) is 5.04. The number of hydrogen-bond acceptors (Lipinski definition) is 3. The van der Waals surface area contributed by atoms with E-state index in [-0.39, 0.29) is 5.89 Å². The maximum atomic E-state index is 12.3. The third-order valence-corrected chi connectivity index (χ3v) is 3.52. The number of aromatic nitrogens is 1. The van der Waals surface area contributed by atoms with E-state index in [1.54, 1.807) is 18.2 Å². The molecule has 0 N–H and O–H groups in total. The highest BCUT2D eigenvalue weighted by Crippen LogP contribution is 2.25. The SMILES string of the molecule is C=CC(=C)C(/C=C\C)=C(\C=C)c1nc2cccc(C)c2c(=O)o1. The first kappa shape index (κ1) is 16.4. The Kier molecular flexibility index (Phi) is 4.91. The highest BCUT2D eigenvalue weighted by Gasteiger charge is 2.14. The first-order chi connectivity index (χ1) is 11.0. The van der Waals surface area contributed by atoms with Crippen LogP contribution in [-0.2, 0) is 0 Å². The molecule has 0 spiro atoms. The fraction of sp³-hybridized carbons (Fsp3) is 0.100. The molecule has 1 heterocycles. The number of nitrogens with zero attached hydrogens (tertiary/aromatic N) is 1. The Labute approximate surface area is 135 Å². The molecule has 2 rings (SSSR count). The first-order valence-electron chi connectivity index (χ1n) is 7.25. The summed E-state index contributed by atoms with van der Waals surface area (Å²) < 4.78 is 5.44. The molecule has 0 saturated carbocycles. The van der Waals surface area contributed by atoms with Gasteiger partial charge in [0.25, 0.3) is 0 Å². The van der Waals surface area contributed by atoms with Gasteiger partial charge in [-0.25, -0.2) is 9.78 Å². The summed E-state index contributed by atoms with van der Waals surface area (Å²) in [6.45, 7) is 15.3. The van der Waals surface area contributed by atoms with E-state index in [1.807, 2.05) is 38.1 Å². The van der Waals surface area contributed by atoms with Gasteiger partial charge in [0.05, 0.1) is 10.9 Å². The largest absolute Gasteiger partial charge is 0.403 e. The lowest BCUT2D eigenvalue weighted by Crippen LogP contribution is -2.06. The Bertz CT molecular complexity index is 911. The van der Waals surface area contributed by atoms with Crippen molar-refractivity contribution < 1.29 is 4.42 Å². The smallest absolute Gasteiger partial charge is 0.347 e. The van der Waals surface area contributed by atoms with E-state index in [2.05, 4.69) is 24.7 Å². The number of fused-ring (bicyclic) bond motifs is 1. The molecule has 0 atom stereocenters. The number of rotatable bonds is 5. The third-order valence-electron chi connectivity index (χ3n) is 3.52. The standard InChI is InChI=1S/C20H19NO2/c1-6-10-16(13(4)7-2)15(8-3)19-21-17-12-9-11-14(5)18(17)20(22)23-19/h6-12H,2-4H2,1,5H3/b10-6-,16-15+. The highest BCUT2D eigenvalue weighted by atomic mass is 16.4. The van der Waals surface area contributed by atoms with Crippen LogP contribution in [0.5, 0.6) is 0 Å². The summed E-state index contributed by atoms with van der Waals surface area (Å²) in [6.07, 6.45) is 6.99. The van der Waals surface area contributed by atoms with Gasteiger partial charge in [0.15, 0.2) is 0 Å². The van der Waals surface area contributed by atoms with Crippen molar-refractivity contribution in [1.29, 1.82) is 0 Å². The predicted octanol–water partition coefficient (Wildman–Crippen LogP) is 4.75. The topological polar surface area (TPSA) is 43.1 Å². The molecule has 3 nitrogen and oxygen atoms in total. The van der Waals surface area contributed by atoms with Gasteiger partial charge in [-0.3, -0.25) is 0 Å². The maximum absolute atomic E-state index is 12.3. The van der Waals surface area contributed by atoms with Gasteiger partial charge in [0.2, 0.25) is 5.89 Å². The average Bonchev–Trinajstić information content (AvgIpc) is 2.53. The number of hydrogen-bond donors (Lipinski definition) is 0. The van der Waals surface area contributed by atoms with Gasteiger partial charge in [-0.15, -0.1) is 0 Å². The van der Waals surface area contributed by atoms with E-state index in [4.69, 9.17) is 4.42 Å². The van der Waals surface area contributed by atoms with Gasteiger partial charge in [-0.1, -0.05) is 56.2 Å². The van der Waals surface area contributed by atoms with Crippen LogP contribution in [0.1, 0.15) is 18.4 Å². The molecular weight excluding hydrogens is 286 g/mol. The Morgan fingerprint density at radius 1 is 1.26 bits per heavy atom. The molecule has 0 bridgehead atoms. The second kappa shape index (κ2) is 6.88. The predicted molar refractivity (Wildman–Crippen MR) is 96.3 cm³/mol. The zero-order chi connectivity index (χ0) is 17.0. The van der Waals surface area contributed by atoms with Gasteiger partial charge in [-0.2, -0.15) is 0 Å². The molecule has 0 radical (unpaired) electrons.